The van der Waals surface area contributed by atoms with Crippen LogP contribution in [-0.4, -0.2) is 39.5 Å². The number of aryl methyl sites for hydroxylation is 2. The SMILES string of the molecule is Cc1nc2c3ccccc3nn2c(C)c1CCC(=O)Nc1cc(C(N)=O)ccc1N1CCCC1. The molecule has 1 aliphatic rings. The van der Waals surface area contributed by atoms with Gasteiger partial charge in [-0.15, -0.1) is 0 Å². The lowest BCUT2D eigenvalue weighted by Crippen LogP contribution is -2.22. The molecule has 3 N–H and O–H groups in total. The second kappa shape index (κ2) is 8.78. The third kappa shape index (κ3) is 3.96. The van der Waals surface area contributed by atoms with Crippen molar-refractivity contribution < 1.29 is 9.59 Å². The maximum absolute atomic E-state index is 13.0. The molecule has 1 saturated heterocycles. The topological polar surface area (TPSA) is 106 Å². The van der Waals surface area contributed by atoms with E-state index >= 15 is 0 Å². The Kier molecular flexibility index (Phi) is 5.65. The number of anilines is 2. The Labute approximate surface area is 197 Å². The van der Waals surface area contributed by atoms with Crippen molar-refractivity contribution >= 4 is 39.7 Å². The summed E-state index contributed by atoms with van der Waals surface area (Å²) in [6.45, 7) is 5.86. The maximum Gasteiger partial charge on any atom is 0.248 e. The van der Waals surface area contributed by atoms with Gasteiger partial charge in [-0.05, 0) is 69.0 Å². The van der Waals surface area contributed by atoms with E-state index in [4.69, 9.17) is 15.8 Å². The van der Waals surface area contributed by atoms with Gasteiger partial charge in [-0.25, -0.2) is 9.50 Å². The average Bonchev–Trinajstić information content (AvgIpc) is 3.47. The number of fused-ring (bicyclic) bond motifs is 3. The molecule has 3 heterocycles. The standard InChI is InChI=1S/C26H28N6O2/c1-16-19(17(2)32-26(28-16)20-7-3-4-8-21(20)30-32)10-12-24(33)29-22-15-18(25(27)34)9-11-23(22)31-13-5-6-14-31/h3-4,7-9,11,15H,5-6,10,12-14H2,1-2H3,(H2,27,34)(H,29,33). The molecule has 1 fully saturated rings. The highest BCUT2D eigenvalue weighted by atomic mass is 16.2. The fourth-order valence-electron chi connectivity index (χ4n) is 4.81. The quantitative estimate of drug-likeness (QED) is 0.459. The molecule has 1 aliphatic heterocycles. The van der Waals surface area contributed by atoms with Crippen LogP contribution in [-0.2, 0) is 11.2 Å². The van der Waals surface area contributed by atoms with E-state index in [-0.39, 0.29) is 12.3 Å². The van der Waals surface area contributed by atoms with Gasteiger partial charge >= 0.3 is 0 Å². The van der Waals surface area contributed by atoms with E-state index < -0.39 is 5.91 Å². The lowest BCUT2D eigenvalue weighted by Gasteiger charge is -2.22. The first kappa shape index (κ1) is 21.9. The minimum Gasteiger partial charge on any atom is -0.370 e. The van der Waals surface area contributed by atoms with Crippen LogP contribution in [0.5, 0.6) is 0 Å². The molecule has 0 saturated carbocycles. The van der Waals surface area contributed by atoms with Gasteiger partial charge in [-0.1, -0.05) is 12.1 Å². The van der Waals surface area contributed by atoms with Crippen LogP contribution in [0.15, 0.2) is 42.5 Å². The Morgan fingerprint density at radius 1 is 1.09 bits per heavy atom. The smallest absolute Gasteiger partial charge is 0.248 e. The summed E-state index contributed by atoms with van der Waals surface area (Å²) in [6.07, 6.45) is 3.05. The summed E-state index contributed by atoms with van der Waals surface area (Å²) in [5.41, 5.74) is 12.0. The molecule has 34 heavy (non-hydrogen) atoms. The van der Waals surface area contributed by atoms with Gasteiger partial charge in [0.25, 0.3) is 0 Å². The van der Waals surface area contributed by atoms with Gasteiger partial charge in [0.05, 0.1) is 16.9 Å². The Hall–Kier alpha value is -3.94. The number of aromatic nitrogens is 3. The summed E-state index contributed by atoms with van der Waals surface area (Å²) >= 11 is 0. The fraction of sp³-hybridized carbons (Fsp3) is 0.308. The Balaban J connectivity index is 1.38. The highest BCUT2D eigenvalue weighted by Crippen LogP contribution is 2.30. The van der Waals surface area contributed by atoms with Gasteiger partial charge in [0, 0.05) is 41.8 Å². The number of amides is 2. The van der Waals surface area contributed by atoms with Crippen LogP contribution in [0.4, 0.5) is 11.4 Å². The van der Waals surface area contributed by atoms with Crippen LogP contribution >= 0.6 is 0 Å². The van der Waals surface area contributed by atoms with E-state index in [2.05, 4.69) is 10.2 Å². The summed E-state index contributed by atoms with van der Waals surface area (Å²) in [5, 5.41) is 8.73. The Bertz CT molecular complexity index is 1420. The number of nitrogens with one attached hydrogen (secondary N) is 1. The zero-order valence-electron chi connectivity index (χ0n) is 19.5. The molecular formula is C26H28N6O2. The van der Waals surface area contributed by atoms with Gasteiger partial charge in [-0.3, -0.25) is 9.59 Å². The summed E-state index contributed by atoms with van der Waals surface area (Å²) < 4.78 is 1.87. The van der Waals surface area contributed by atoms with Crippen molar-refractivity contribution in [2.45, 2.75) is 39.5 Å². The molecule has 2 amide bonds. The number of hydrogen-bond acceptors (Lipinski definition) is 5. The van der Waals surface area contributed by atoms with Gasteiger partial charge in [0.1, 0.15) is 0 Å². The van der Waals surface area contributed by atoms with Crippen molar-refractivity contribution in [3.63, 3.8) is 0 Å². The highest BCUT2D eigenvalue weighted by Gasteiger charge is 2.19. The molecule has 4 aromatic rings. The molecule has 0 spiro atoms. The molecule has 0 aliphatic carbocycles. The first-order chi connectivity index (χ1) is 16.4. The monoisotopic (exact) mass is 456 g/mol. The second-order valence-corrected chi connectivity index (χ2v) is 8.85. The largest absolute Gasteiger partial charge is 0.370 e. The van der Waals surface area contributed by atoms with Crippen LogP contribution in [0.3, 0.4) is 0 Å². The van der Waals surface area contributed by atoms with Crippen molar-refractivity contribution in [2.75, 3.05) is 23.3 Å². The van der Waals surface area contributed by atoms with Crippen molar-refractivity contribution in [2.24, 2.45) is 5.73 Å². The summed E-state index contributed by atoms with van der Waals surface area (Å²) in [7, 11) is 0. The number of hydrogen-bond donors (Lipinski definition) is 2. The lowest BCUT2D eigenvalue weighted by atomic mass is 10.1. The van der Waals surface area contributed by atoms with Crippen molar-refractivity contribution in [1.82, 2.24) is 14.6 Å². The van der Waals surface area contributed by atoms with E-state index in [0.717, 1.165) is 65.1 Å². The first-order valence-corrected chi connectivity index (χ1v) is 11.6. The molecule has 2 aromatic heterocycles. The van der Waals surface area contributed by atoms with Crippen molar-refractivity contribution in [3.05, 3.63) is 65.0 Å². The summed E-state index contributed by atoms with van der Waals surface area (Å²) in [5.74, 6) is -0.632. The summed E-state index contributed by atoms with van der Waals surface area (Å²) in [4.78, 5) is 31.7. The van der Waals surface area contributed by atoms with Gasteiger partial charge in [0.15, 0.2) is 5.65 Å². The maximum atomic E-state index is 13.0. The predicted molar refractivity (Wildman–Crippen MR) is 133 cm³/mol. The average molecular weight is 457 g/mol. The molecule has 0 atom stereocenters. The number of carbonyl (C=O) groups excluding carboxylic acids is 2. The summed E-state index contributed by atoms with van der Waals surface area (Å²) in [6, 6.07) is 13.2. The number of primary amides is 1. The molecule has 2 aromatic carbocycles. The highest BCUT2D eigenvalue weighted by molar-refractivity contribution is 5.99. The number of nitrogens with two attached hydrogens (primary N) is 1. The minimum atomic E-state index is -0.513. The van der Waals surface area contributed by atoms with Crippen LogP contribution in [0, 0.1) is 13.8 Å². The molecule has 8 nitrogen and oxygen atoms in total. The van der Waals surface area contributed by atoms with Gasteiger partial charge in [-0.2, -0.15) is 5.10 Å². The van der Waals surface area contributed by atoms with Crippen LogP contribution in [0.25, 0.3) is 16.6 Å². The van der Waals surface area contributed by atoms with Crippen molar-refractivity contribution in [1.29, 1.82) is 0 Å². The van der Waals surface area contributed by atoms with E-state index in [1.54, 1.807) is 12.1 Å². The first-order valence-electron chi connectivity index (χ1n) is 11.6. The molecule has 174 valence electrons. The molecule has 8 heteroatoms. The molecular weight excluding hydrogens is 428 g/mol. The molecule has 5 rings (SSSR count). The molecule has 0 bridgehead atoms. The van der Waals surface area contributed by atoms with Gasteiger partial charge < -0.3 is 16.0 Å². The zero-order chi connectivity index (χ0) is 23.8. The lowest BCUT2D eigenvalue weighted by molar-refractivity contribution is -0.116. The van der Waals surface area contributed by atoms with Gasteiger partial charge in [0.2, 0.25) is 11.8 Å². The van der Waals surface area contributed by atoms with E-state index in [1.165, 1.54) is 0 Å². The van der Waals surface area contributed by atoms with Crippen LogP contribution in [0.1, 0.15) is 46.6 Å². The van der Waals surface area contributed by atoms with E-state index in [0.29, 0.717) is 17.7 Å². The van der Waals surface area contributed by atoms with Crippen LogP contribution < -0.4 is 16.0 Å². The molecule has 0 unspecified atom stereocenters. The number of nitrogens with zero attached hydrogens (tertiary/aromatic N) is 4. The number of rotatable bonds is 6. The van der Waals surface area contributed by atoms with Crippen molar-refractivity contribution in [3.8, 4) is 0 Å². The Morgan fingerprint density at radius 3 is 2.62 bits per heavy atom. The predicted octanol–water partition coefficient (Wildman–Crippen LogP) is 3.77. The number of benzene rings is 2. The molecule has 0 radical (unpaired) electrons. The Morgan fingerprint density at radius 2 is 1.85 bits per heavy atom. The van der Waals surface area contributed by atoms with Crippen LogP contribution in [0.2, 0.25) is 0 Å². The normalized spacial score (nSPS) is 13.6. The second-order valence-electron chi connectivity index (χ2n) is 8.85. The van der Waals surface area contributed by atoms with E-state index in [9.17, 15) is 9.59 Å². The fourth-order valence-corrected chi connectivity index (χ4v) is 4.81. The third-order valence-corrected chi connectivity index (χ3v) is 6.62. The third-order valence-electron chi connectivity index (χ3n) is 6.62. The number of carbonyl (C=O) groups is 2. The minimum absolute atomic E-state index is 0.119. The zero-order valence-corrected chi connectivity index (χ0v) is 19.5. The van der Waals surface area contributed by atoms with E-state index in [1.807, 2.05) is 48.7 Å².